The van der Waals surface area contributed by atoms with Crippen LogP contribution in [0, 0.1) is 0 Å². The fourth-order valence-corrected chi connectivity index (χ4v) is 0.619. The van der Waals surface area contributed by atoms with Crippen molar-refractivity contribution in [3.8, 4) is 11.5 Å². The zero-order valence-corrected chi connectivity index (χ0v) is 12.6. The summed E-state index contributed by atoms with van der Waals surface area (Å²) in [4.78, 5) is 0. The second kappa shape index (κ2) is 9.74. The van der Waals surface area contributed by atoms with Gasteiger partial charge in [0.1, 0.15) is 5.75 Å². The third kappa shape index (κ3) is 20.2. The number of hydrogen-bond donors (Lipinski definition) is 1. The average Bonchev–Trinajstić information content (AvgIpc) is 2.15. The fraction of sp³-hybridized carbons (Fsp3) is 0.571. The first kappa shape index (κ1) is 19.1. The number of benzene rings is 1. The lowest BCUT2D eigenvalue weighted by Crippen LogP contribution is -2.27. The Kier molecular flexibility index (Phi) is 10.3. The largest absolute Gasteiger partial charge is 0.870 e. The molecule has 0 aliphatic rings. The molecule has 1 rings (SSSR count). The summed E-state index contributed by atoms with van der Waals surface area (Å²) in [5.41, 5.74) is 0. The number of para-hydroxylation sites is 2. The van der Waals surface area contributed by atoms with E-state index in [1.54, 1.807) is 32.0 Å². The van der Waals surface area contributed by atoms with Crippen molar-refractivity contribution in [2.24, 2.45) is 0 Å². The molecule has 0 saturated heterocycles. The van der Waals surface area contributed by atoms with Gasteiger partial charge in [0.15, 0.2) is 0 Å². The number of aliphatic hydroxyl groups is 1. The Bertz CT molecular complexity index is 297. The van der Waals surface area contributed by atoms with Crippen LogP contribution >= 0.6 is 0 Å². The maximum absolute atomic E-state index is 10.7. The second-order valence-electron chi connectivity index (χ2n) is 5.43. The van der Waals surface area contributed by atoms with Gasteiger partial charge in [-0.2, -0.15) is 0 Å². The number of ether oxygens (including phenoxy) is 1. The minimum Gasteiger partial charge on any atom is -0.870 e. The Labute approximate surface area is 111 Å². The summed E-state index contributed by atoms with van der Waals surface area (Å²) in [5, 5.41) is 18.8. The van der Waals surface area contributed by atoms with Crippen molar-refractivity contribution in [3.63, 3.8) is 0 Å². The Morgan fingerprint density at radius 2 is 1.44 bits per heavy atom. The second-order valence-corrected chi connectivity index (χ2v) is 5.43. The van der Waals surface area contributed by atoms with Crippen molar-refractivity contribution >= 4 is 0 Å². The molecule has 0 heterocycles. The standard InChI is InChI=1S/C7H8O2.C4H12N.C3H8O/c1-9-7-5-3-2-4-6(7)8;1-5(2,3)4;1-3(2)4/h2-5,8H,1H3;1-4H3;3-4H,1-2H3/q;+1;/p-1. The van der Waals surface area contributed by atoms with Gasteiger partial charge >= 0.3 is 0 Å². The van der Waals surface area contributed by atoms with E-state index in [9.17, 15) is 5.11 Å². The summed E-state index contributed by atoms with van der Waals surface area (Å²) < 4.78 is 5.73. The molecular weight excluding hydrogens is 230 g/mol. The third-order valence-electron chi connectivity index (χ3n) is 1.07. The van der Waals surface area contributed by atoms with Gasteiger partial charge in [-0.05, 0) is 19.9 Å². The van der Waals surface area contributed by atoms with Crippen LogP contribution in [0.4, 0.5) is 0 Å². The molecule has 4 heteroatoms. The Hall–Kier alpha value is -1.26. The van der Waals surface area contributed by atoms with Crippen LogP contribution in [0.1, 0.15) is 13.8 Å². The van der Waals surface area contributed by atoms with Crippen LogP contribution in [0.15, 0.2) is 24.3 Å². The summed E-state index contributed by atoms with van der Waals surface area (Å²) >= 11 is 0. The molecule has 0 saturated carbocycles. The Morgan fingerprint density at radius 1 is 1.11 bits per heavy atom. The SMILES string of the molecule is CC(C)O.COc1ccccc1[O-].C[N+](C)(C)C. The molecule has 0 fully saturated rings. The molecule has 1 N–H and O–H groups in total. The van der Waals surface area contributed by atoms with Gasteiger partial charge in [-0.1, -0.05) is 23.9 Å². The normalized spacial score (nSPS) is 9.83. The van der Waals surface area contributed by atoms with E-state index in [1.807, 2.05) is 0 Å². The highest BCUT2D eigenvalue weighted by Crippen LogP contribution is 2.19. The maximum Gasteiger partial charge on any atom is 0.111 e. The van der Waals surface area contributed by atoms with Gasteiger partial charge in [0.05, 0.1) is 35.3 Å². The van der Waals surface area contributed by atoms with Crippen LogP contribution in [0.5, 0.6) is 11.5 Å². The summed E-state index contributed by atoms with van der Waals surface area (Å²) in [7, 11) is 9.98. The van der Waals surface area contributed by atoms with Crippen LogP contribution in [-0.2, 0) is 0 Å². The molecule has 0 aliphatic carbocycles. The number of methoxy groups -OCH3 is 1. The molecule has 0 amide bonds. The van der Waals surface area contributed by atoms with Gasteiger partial charge in [0.25, 0.3) is 0 Å². The first-order valence-electron chi connectivity index (χ1n) is 5.85. The van der Waals surface area contributed by atoms with Crippen molar-refractivity contribution in [2.45, 2.75) is 20.0 Å². The van der Waals surface area contributed by atoms with E-state index in [2.05, 4.69) is 28.2 Å². The molecule has 0 aromatic heterocycles. The molecule has 4 nitrogen and oxygen atoms in total. The molecule has 18 heavy (non-hydrogen) atoms. The molecule has 106 valence electrons. The highest BCUT2D eigenvalue weighted by molar-refractivity contribution is 5.36. The van der Waals surface area contributed by atoms with Crippen LogP contribution in [-0.4, -0.2) is 51.0 Å². The van der Waals surface area contributed by atoms with Crippen molar-refractivity contribution in [1.29, 1.82) is 0 Å². The fourth-order valence-electron chi connectivity index (χ4n) is 0.619. The Morgan fingerprint density at radius 3 is 1.67 bits per heavy atom. The number of aliphatic hydroxyl groups excluding tert-OH is 1. The number of rotatable bonds is 1. The third-order valence-corrected chi connectivity index (χ3v) is 1.07. The van der Waals surface area contributed by atoms with Crippen LogP contribution in [0.25, 0.3) is 0 Å². The lowest BCUT2D eigenvalue weighted by atomic mass is 10.3. The van der Waals surface area contributed by atoms with E-state index in [0.717, 1.165) is 4.48 Å². The first-order chi connectivity index (χ1) is 8.07. The topological polar surface area (TPSA) is 52.5 Å². The summed E-state index contributed by atoms with van der Waals surface area (Å²) in [6.45, 7) is 3.44. The van der Waals surface area contributed by atoms with Gasteiger partial charge < -0.3 is 19.4 Å². The molecule has 0 bridgehead atoms. The summed E-state index contributed by atoms with van der Waals surface area (Å²) in [5.74, 6) is 0.331. The quantitative estimate of drug-likeness (QED) is 0.775. The summed E-state index contributed by atoms with van der Waals surface area (Å²) in [6.07, 6.45) is -0.167. The van der Waals surface area contributed by atoms with Gasteiger partial charge in [-0.15, -0.1) is 0 Å². The van der Waals surface area contributed by atoms with Gasteiger partial charge in [0, 0.05) is 6.10 Å². The van der Waals surface area contributed by atoms with E-state index in [0.29, 0.717) is 5.75 Å². The molecule has 1 aromatic rings. The molecule has 0 spiro atoms. The monoisotopic (exact) mass is 257 g/mol. The van der Waals surface area contributed by atoms with Crippen LogP contribution in [0.2, 0.25) is 0 Å². The van der Waals surface area contributed by atoms with Crippen molar-refractivity contribution in [3.05, 3.63) is 24.3 Å². The van der Waals surface area contributed by atoms with E-state index in [4.69, 9.17) is 9.84 Å². The minimum atomic E-state index is -0.167. The molecule has 1 aromatic carbocycles. The number of nitrogens with zero attached hydrogens (tertiary/aromatic N) is 1. The summed E-state index contributed by atoms with van der Waals surface area (Å²) in [6, 6.07) is 6.56. The van der Waals surface area contributed by atoms with Crippen molar-refractivity contribution in [2.75, 3.05) is 35.3 Å². The minimum absolute atomic E-state index is 0.0694. The van der Waals surface area contributed by atoms with E-state index in [1.165, 1.54) is 13.2 Å². The molecule has 0 unspecified atom stereocenters. The maximum atomic E-state index is 10.7. The zero-order valence-electron chi connectivity index (χ0n) is 12.6. The lowest BCUT2D eigenvalue weighted by Gasteiger charge is -2.14. The zero-order chi connectivity index (χ0) is 14.8. The van der Waals surface area contributed by atoms with Crippen LogP contribution < -0.4 is 9.84 Å². The van der Waals surface area contributed by atoms with Gasteiger partial charge in [-0.3, -0.25) is 0 Å². The highest BCUT2D eigenvalue weighted by Gasteiger charge is 1.88. The molecule has 0 radical (unpaired) electrons. The first-order valence-corrected chi connectivity index (χ1v) is 5.85. The van der Waals surface area contributed by atoms with Crippen molar-refractivity contribution in [1.82, 2.24) is 0 Å². The highest BCUT2D eigenvalue weighted by atomic mass is 16.5. The molecule has 0 aliphatic heterocycles. The lowest BCUT2D eigenvalue weighted by molar-refractivity contribution is -0.849. The predicted octanol–water partition coefficient (Wildman–Crippen LogP) is 1.48. The smallest absolute Gasteiger partial charge is 0.111 e. The molecular formula is C14H27NO3. The molecule has 0 atom stereocenters. The number of quaternary nitrogens is 1. The van der Waals surface area contributed by atoms with E-state index in [-0.39, 0.29) is 11.9 Å². The predicted molar refractivity (Wildman–Crippen MR) is 73.8 cm³/mol. The van der Waals surface area contributed by atoms with E-state index >= 15 is 0 Å². The average molecular weight is 257 g/mol. The van der Waals surface area contributed by atoms with E-state index < -0.39 is 0 Å². The van der Waals surface area contributed by atoms with Crippen molar-refractivity contribution < 1.29 is 19.4 Å². The number of hydrogen-bond acceptors (Lipinski definition) is 3. The van der Waals surface area contributed by atoms with Gasteiger partial charge in [-0.25, -0.2) is 0 Å². The van der Waals surface area contributed by atoms with Gasteiger partial charge in [0.2, 0.25) is 0 Å². The van der Waals surface area contributed by atoms with Crippen LogP contribution in [0.3, 0.4) is 0 Å². The Balaban J connectivity index is 0.